The average molecular weight is 232 g/mol. The standard InChI is InChI=1S/C6H8Cl3NO2/c1-3(11)4-2-12-5(10-4)6(7,8)9/h3-4,11H,2H2,1H3/t3-,4+/m1/s1. The van der Waals surface area contributed by atoms with Crippen LogP contribution in [-0.4, -0.2) is 33.5 Å². The van der Waals surface area contributed by atoms with Crippen molar-refractivity contribution >= 4 is 40.7 Å². The fourth-order valence-corrected chi connectivity index (χ4v) is 1.10. The number of aliphatic hydroxyl groups is 1. The van der Waals surface area contributed by atoms with Crippen LogP contribution in [-0.2, 0) is 4.74 Å². The molecule has 1 N–H and O–H groups in total. The van der Waals surface area contributed by atoms with E-state index in [1.807, 2.05) is 0 Å². The van der Waals surface area contributed by atoms with Crippen molar-refractivity contribution in [2.24, 2.45) is 4.99 Å². The van der Waals surface area contributed by atoms with Gasteiger partial charge in [0.25, 0.3) is 3.79 Å². The van der Waals surface area contributed by atoms with E-state index in [1.165, 1.54) is 0 Å². The molecule has 0 saturated carbocycles. The highest BCUT2D eigenvalue weighted by molar-refractivity contribution is 6.76. The summed E-state index contributed by atoms with van der Waals surface area (Å²) in [7, 11) is 0. The van der Waals surface area contributed by atoms with Gasteiger partial charge in [0, 0.05) is 0 Å². The lowest BCUT2D eigenvalue weighted by molar-refractivity contribution is 0.145. The van der Waals surface area contributed by atoms with Crippen molar-refractivity contribution in [3.05, 3.63) is 0 Å². The van der Waals surface area contributed by atoms with Gasteiger partial charge in [-0.15, -0.1) is 0 Å². The summed E-state index contributed by atoms with van der Waals surface area (Å²) in [6, 6.07) is -0.323. The van der Waals surface area contributed by atoms with Gasteiger partial charge in [0.1, 0.15) is 12.6 Å². The predicted octanol–water partition coefficient (Wildman–Crippen LogP) is 1.53. The van der Waals surface area contributed by atoms with Crippen LogP contribution in [0.15, 0.2) is 4.99 Å². The fraction of sp³-hybridized carbons (Fsp3) is 0.833. The van der Waals surface area contributed by atoms with Gasteiger partial charge >= 0.3 is 0 Å². The van der Waals surface area contributed by atoms with E-state index in [1.54, 1.807) is 6.92 Å². The molecule has 0 aromatic heterocycles. The zero-order chi connectivity index (χ0) is 9.35. The molecule has 0 amide bonds. The van der Waals surface area contributed by atoms with Crippen LogP contribution in [0.25, 0.3) is 0 Å². The van der Waals surface area contributed by atoms with Crippen molar-refractivity contribution < 1.29 is 9.84 Å². The smallest absolute Gasteiger partial charge is 0.266 e. The second-order valence-corrected chi connectivity index (χ2v) is 4.83. The number of rotatable bonds is 1. The molecule has 0 aliphatic carbocycles. The molecule has 1 aliphatic heterocycles. The van der Waals surface area contributed by atoms with Crippen LogP contribution < -0.4 is 0 Å². The quantitative estimate of drug-likeness (QED) is 0.697. The lowest BCUT2D eigenvalue weighted by atomic mass is 10.2. The van der Waals surface area contributed by atoms with Gasteiger partial charge in [-0.3, -0.25) is 0 Å². The Kier molecular flexibility index (Phi) is 3.10. The molecule has 1 aliphatic rings. The zero-order valence-electron chi connectivity index (χ0n) is 6.30. The molecule has 0 spiro atoms. The van der Waals surface area contributed by atoms with E-state index in [2.05, 4.69) is 4.99 Å². The van der Waals surface area contributed by atoms with Crippen molar-refractivity contribution in [2.45, 2.75) is 22.9 Å². The number of nitrogens with zero attached hydrogens (tertiary/aromatic N) is 1. The summed E-state index contributed by atoms with van der Waals surface area (Å²) in [5, 5.41) is 9.12. The van der Waals surface area contributed by atoms with E-state index in [0.29, 0.717) is 0 Å². The third-order valence-corrected chi connectivity index (χ3v) is 1.96. The highest BCUT2D eigenvalue weighted by atomic mass is 35.6. The molecule has 0 aromatic carbocycles. The lowest BCUT2D eigenvalue weighted by Gasteiger charge is -2.08. The number of halogens is 3. The summed E-state index contributed by atoms with van der Waals surface area (Å²) in [6.07, 6.45) is -0.588. The second kappa shape index (κ2) is 3.58. The highest BCUT2D eigenvalue weighted by Gasteiger charge is 2.36. The first-order valence-corrected chi connectivity index (χ1v) is 4.50. The minimum Gasteiger partial charge on any atom is -0.476 e. The third kappa shape index (κ3) is 2.39. The number of alkyl halides is 3. The van der Waals surface area contributed by atoms with Crippen LogP contribution >= 0.6 is 34.8 Å². The Morgan fingerprint density at radius 2 is 2.25 bits per heavy atom. The van der Waals surface area contributed by atoms with Crippen molar-refractivity contribution in [3.8, 4) is 0 Å². The first-order valence-electron chi connectivity index (χ1n) is 3.37. The largest absolute Gasteiger partial charge is 0.476 e. The SMILES string of the molecule is C[C@@H](O)[C@@H]1COC(C(Cl)(Cl)Cl)=N1. The molecular weight excluding hydrogens is 224 g/mol. The molecule has 0 unspecified atom stereocenters. The maximum absolute atomic E-state index is 9.12. The van der Waals surface area contributed by atoms with Crippen molar-refractivity contribution in [3.63, 3.8) is 0 Å². The molecule has 1 rings (SSSR count). The molecule has 70 valence electrons. The number of aliphatic hydroxyl groups excluding tert-OH is 1. The summed E-state index contributed by atoms with van der Waals surface area (Å²) in [4.78, 5) is 3.91. The number of hydrogen-bond donors (Lipinski definition) is 1. The Morgan fingerprint density at radius 3 is 2.50 bits per heavy atom. The van der Waals surface area contributed by atoms with Crippen LogP contribution in [0.5, 0.6) is 0 Å². The topological polar surface area (TPSA) is 41.8 Å². The maximum Gasteiger partial charge on any atom is 0.266 e. The van der Waals surface area contributed by atoms with E-state index in [0.717, 1.165) is 0 Å². The van der Waals surface area contributed by atoms with E-state index in [4.69, 9.17) is 44.6 Å². The summed E-state index contributed by atoms with van der Waals surface area (Å²) in [5.74, 6) is 0.0541. The third-order valence-electron chi connectivity index (χ3n) is 1.47. The van der Waals surface area contributed by atoms with Gasteiger partial charge in [-0.1, -0.05) is 34.8 Å². The van der Waals surface area contributed by atoms with Gasteiger partial charge in [0.05, 0.1) is 6.10 Å². The normalized spacial score (nSPS) is 26.4. The van der Waals surface area contributed by atoms with E-state index in [-0.39, 0.29) is 18.5 Å². The molecule has 6 heteroatoms. The molecular formula is C6H8Cl3NO2. The van der Waals surface area contributed by atoms with E-state index >= 15 is 0 Å². The first kappa shape index (κ1) is 10.4. The monoisotopic (exact) mass is 231 g/mol. The van der Waals surface area contributed by atoms with Crippen molar-refractivity contribution in [1.82, 2.24) is 0 Å². The molecule has 0 bridgehead atoms. The van der Waals surface area contributed by atoms with Gasteiger partial charge in [0.2, 0.25) is 5.90 Å². The Bertz CT molecular complexity index is 199. The predicted molar refractivity (Wildman–Crippen MR) is 49.1 cm³/mol. The Labute approximate surface area is 85.3 Å². The summed E-state index contributed by atoms with van der Waals surface area (Å²) in [5.41, 5.74) is 0. The van der Waals surface area contributed by atoms with Gasteiger partial charge in [-0.05, 0) is 6.92 Å². The van der Waals surface area contributed by atoms with Crippen LogP contribution in [0.3, 0.4) is 0 Å². The molecule has 1 heterocycles. The van der Waals surface area contributed by atoms with Crippen LogP contribution in [0.1, 0.15) is 6.92 Å². The van der Waals surface area contributed by atoms with Crippen LogP contribution in [0.4, 0.5) is 0 Å². The Hall–Kier alpha value is 0.300. The highest BCUT2D eigenvalue weighted by Crippen LogP contribution is 2.31. The Balaban J connectivity index is 2.66. The summed E-state index contributed by atoms with van der Waals surface area (Å²) in [6.45, 7) is 1.87. The molecule has 0 saturated heterocycles. The van der Waals surface area contributed by atoms with Gasteiger partial charge in [-0.25, -0.2) is 4.99 Å². The van der Waals surface area contributed by atoms with Gasteiger partial charge < -0.3 is 9.84 Å². The van der Waals surface area contributed by atoms with E-state index in [9.17, 15) is 0 Å². The number of aliphatic imine (C=N–C) groups is 1. The zero-order valence-corrected chi connectivity index (χ0v) is 8.57. The second-order valence-electron chi connectivity index (χ2n) is 2.55. The molecule has 3 nitrogen and oxygen atoms in total. The number of ether oxygens (including phenoxy) is 1. The molecule has 12 heavy (non-hydrogen) atoms. The molecule has 2 atom stereocenters. The minimum absolute atomic E-state index is 0.0541. The van der Waals surface area contributed by atoms with Crippen molar-refractivity contribution in [2.75, 3.05) is 6.61 Å². The maximum atomic E-state index is 9.12. The molecule has 0 fully saturated rings. The van der Waals surface area contributed by atoms with Crippen LogP contribution in [0.2, 0.25) is 0 Å². The van der Waals surface area contributed by atoms with Gasteiger partial charge in [0.15, 0.2) is 0 Å². The summed E-state index contributed by atoms with van der Waals surface area (Å²) >= 11 is 16.5. The van der Waals surface area contributed by atoms with Gasteiger partial charge in [-0.2, -0.15) is 0 Å². The molecule has 0 aromatic rings. The first-order chi connectivity index (χ1) is 5.41. The van der Waals surface area contributed by atoms with E-state index < -0.39 is 9.90 Å². The summed E-state index contributed by atoms with van der Waals surface area (Å²) < 4.78 is 3.36. The van der Waals surface area contributed by atoms with Crippen LogP contribution in [0, 0.1) is 0 Å². The molecule has 0 radical (unpaired) electrons. The fourth-order valence-electron chi connectivity index (χ4n) is 0.792. The Morgan fingerprint density at radius 1 is 1.67 bits per heavy atom. The number of hydrogen-bond acceptors (Lipinski definition) is 3. The average Bonchev–Trinajstić information content (AvgIpc) is 2.30. The lowest BCUT2D eigenvalue weighted by Crippen LogP contribution is -2.21. The minimum atomic E-state index is -1.62. The van der Waals surface area contributed by atoms with Crippen molar-refractivity contribution in [1.29, 1.82) is 0 Å².